The summed E-state index contributed by atoms with van der Waals surface area (Å²) in [5, 5.41) is 3.50. The highest BCUT2D eigenvalue weighted by Gasteiger charge is 2.30. The second-order valence-electron chi connectivity index (χ2n) is 7.55. The van der Waals surface area contributed by atoms with Gasteiger partial charge in [-0.05, 0) is 31.1 Å². The topological polar surface area (TPSA) is 29.9 Å². The highest BCUT2D eigenvalue weighted by molar-refractivity contribution is 5.23. The Bertz CT molecular complexity index is 499. The Morgan fingerprint density at radius 3 is 2.76 bits per heavy atom. The predicted octanol–water partition coefficient (Wildman–Crippen LogP) is 3.62. The van der Waals surface area contributed by atoms with Gasteiger partial charge in [-0.25, -0.2) is 4.98 Å². The monoisotopic (exact) mass is 287 g/mol. The highest BCUT2D eigenvalue weighted by Crippen LogP contribution is 2.38. The van der Waals surface area contributed by atoms with Crippen molar-refractivity contribution < 1.29 is 0 Å². The van der Waals surface area contributed by atoms with Gasteiger partial charge in [-0.15, -0.1) is 0 Å². The lowest BCUT2D eigenvalue weighted by atomic mass is 9.97. The van der Waals surface area contributed by atoms with Crippen molar-refractivity contribution >= 4 is 0 Å². The molecule has 0 aromatic carbocycles. The van der Waals surface area contributed by atoms with E-state index in [2.05, 4.69) is 16.8 Å². The summed E-state index contributed by atoms with van der Waals surface area (Å²) >= 11 is 0. The fourth-order valence-corrected chi connectivity index (χ4v) is 4.82. The molecule has 3 heteroatoms. The summed E-state index contributed by atoms with van der Waals surface area (Å²) in [4.78, 5) is 5.10. The number of hydrogen-bond acceptors (Lipinski definition) is 2. The maximum absolute atomic E-state index is 5.10. The smallest absolute Gasteiger partial charge is 0.112 e. The molecule has 1 aromatic heterocycles. The third-order valence-corrected chi connectivity index (χ3v) is 6.19. The van der Waals surface area contributed by atoms with Crippen LogP contribution in [0.4, 0.5) is 0 Å². The molecule has 2 saturated carbocycles. The minimum atomic E-state index is 0.743. The molecule has 3 nitrogen and oxygen atoms in total. The lowest BCUT2D eigenvalue weighted by Gasteiger charge is -2.23. The quantitative estimate of drug-likeness (QED) is 0.920. The highest BCUT2D eigenvalue weighted by atomic mass is 15.1. The van der Waals surface area contributed by atoms with Crippen LogP contribution in [0.25, 0.3) is 0 Å². The Hall–Kier alpha value is -0.830. The number of nitrogens with one attached hydrogen (secondary N) is 1. The van der Waals surface area contributed by atoms with E-state index in [-0.39, 0.29) is 0 Å². The minimum absolute atomic E-state index is 0.743. The molecule has 0 spiro atoms. The summed E-state index contributed by atoms with van der Waals surface area (Å²) in [7, 11) is 0. The molecule has 1 N–H and O–H groups in total. The Labute approximate surface area is 128 Å². The summed E-state index contributed by atoms with van der Waals surface area (Å²) < 4.78 is 2.68. The maximum Gasteiger partial charge on any atom is 0.112 e. The van der Waals surface area contributed by atoms with E-state index in [9.17, 15) is 0 Å². The van der Waals surface area contributed by atoms with Gasteiger partial charge in [0.05, 0.1) is 5.69 Å². The molecule has 0 saturated heterocycles. The van der Waals surface area contributed by atoms with E-state index in [0.717, 1.165) is 30.8 Å². The largest absolute Gasteiger partial charge is 0.331 e. The van der Waals surface area contributed by atoms with Crippen molar-refractivity contribution in [2.24, 2.45) is 11.8 Å². The molecular weight excluding hydrogens is 258 g/mol. The minimum Gasteiger partial charge on any atom is -0.331 e. The van der Waals surface area contributed by atoms with Gasteiger partial charge in [0.2, 0.25) is 0 Å². The normalized spacial score (nSPS) is 30.0. The van der Waals surface area contributed by atoms with Crippen molar-refractivity contribution in [2.75, 3.05) is 6.54 Å². The molecule has 4 rings (SSSR count). The average molecular weight is 287 g/mol. The fraction of sp³-hybridized carbons (Fsp3) is 0.833. The maximum atomic E-state index is 5.10. The number of nitrogens with zero attached hydrogens (tertiary/aromatic N) is 2. The molecule has 3 aliphatic rings. The van der Waals surface area contributed by atoms with E-state index in [1.54, 1.807) is 5.69 Å². The molecule has 0 amide bonds. The molecule has 1 aliphatic heterocycles. The summed E-state index contributed by atoms with van der Waals surface area (Å²) in [5.74, 6) is 3.98. The molecule has 2 fully saturated rings. The van der Waals surface area contributed by atoms with Gasteiger partial charge in [0.15, 0.2) is 0 Å². The van der Waals surface area contributed by atoms with E-state index in [0.29, 0.717) is 0 Å². The van der Waals surface area contributed by atoms with Gasteiger partial charge in [0.1, 0.15) is 5.82 Å². The van der Waals surface area contributed by atoms with E-state index in [4.69, 9.17) is 4.98 Å². The standard InChI is InChI=1S/C18H29N3/c1-13-5-4-8-15(13)12-21-17-9-10-19-11-16(17)20-18(21)14-6-2-3-7-14/h13-15,19H,2-12H2,1H3. The second kappa shape index (κ2) is 5.75. The van der Waals surface area contributed by atoms with Crippen LogP contribution in [-0.2, 0) is 19.5 Å². The molecule has 2 atom stereocenters. The van der Waals surface area contributed by atoms with Gasteiger partial charge in [0.25, 0.3) is 0 Å². The number of hydrogen-bond donors (Lipinski definition) is 1. The van der Waals surface area contributed by atoms with Crippen LogP contribution >= 0.6 is 0 Å². The molecule has 116 valence electrons. The molecule has 0 bridgehead atoms. The van der Waals surface area contributed by atoms with Crippen LogP contribution in [0.15, 0.2) is 0 Å². The van der Waals surface area contributed by atoms with Crippen LogP contribution < -0.4 is 5.32 Å². The lowest BCUT2D eigenvalue weighted by Crippen LogP contribution is -2.26. The van der Waals surface area contributed by atoms with Gasteiger partial charge in [-0.2, -0.15) is 0 Å². The van der Waals surface area contributed by atoms with Gasteiger partial charge in [0, 0.05) is 37.7 Å². The Balaban J connectivity index is 1.66. The summed E-state index contributed by atoms with van der Waals surface area (Å²) in [6, 6.07) is 0. The molecule has 0 radical (unpaired) electrons. The summed E-state index contributed by atoms with van der Waals surface area (Å²) in [5.41, 5.74) is 2.92. The molecule has 1 aromatic rings. The van der Waals surface area contributed by atoms with Crippen LogP contribution in [0.2, 0.25) is 0 Å². The first-order chi connectivity index (χ1) is 10.3. The van der Waals surface area contributed by atoms with E-state index in [1.807, 2.05) is 0 Å². The van der Waals surface area contributed by atoms with Gasteiger partial charge in [-0.3, -0.25) is 0 Å². The summed E-state index contributed by atoms with van der Waals surface area (Å²) in [6.45, 7) is 5.82. The number of imidazole rings is 1. The molecule has 2 aliphatic carbocycles. The number of fused-ring (bicyclic) bond motifs is 1. The third kappa shape index (κ3) is 2.54. The fourth-order valence-electron chi connectivity index (χ4n) is 4.82. The van der Waals surface area contributed by atoms with Crippen molar-refractivity contribution in [3.63, 3.8) is 0 Å². The van der Waals surface area contributed by atoms with E-state index >= 15 is 0 Å². The number of rotatable bonds is 3. The first-order valence-corrected chi connectivity index (χ1v) is 9.12. The van der Waals surface area contributed by atoms with Crippen LogP contribution in [0.3, 0.4) is 0 Å². The van der Waals surface area contributed by atoms with Crippen LogP contribution in [0.1, 0.15) is 75.0 Å². The third-order valence-electron chi connectivity index (χ3n) is 6.19. The van der Waals surface area contributed by atoms with E-state index < -0.39 is 0 Å². The Morgan fingerprint density at radius 2 is 2.00 bits per heavy atom. The van der Waals surface area contributed by atoms with Crippen LogP contribution in [0.5, 0.6) is 0 Å². The Morgan fingerprint density at radius 1 is 1.14 bits per heavy atom. The average Bonchev–Trinajstić information content (AvgIpc) is 3.21. The van der Waals surface area contributed by atoms with Crippen LogP contribution in [0, 0.1) is 11.8 Å². The lowest BCUT2D eigenvalue weighted by molar-refractivity contribution is 0.349. The zero-order valence-corrected chi connectivity index (χ0v) is 13.4. The second-order valence-corrected chi connectivity index (χ2v) is 7.55. The SMILES string of the molecule is CC1CCCC1Cn1c(C2CCCC2)nc2c1CCNC2. The molecule has 2 unspecified atom stereocenters. The van der Waals surface area contributed by atoms with Crippen molar-refractivity contribution in [2.45, 2.75) is 77.3 Å². The van der Waals surface area contributed by atoms with Gasteiger partial charge >= 0.3 is 0 Å². The van der Waals surface area contributed by atoms with Crippen molar-refractivity contribution in [3.05, 3.63) is 17.2 Å². The predicted molar refractivity (Wildman–Crippen MR) is 85.4 cm³/mol. The first kappa shape index (κ1) is 13.8. The van der Waals surface area contributed by atoms with Gasteiger partial charge in [-0.1, -0.05) is 32.6 Å². The molecule has 21 heavy (non-hydrogen) atoms. The number of aromatic nitrogens is 2. The van der Waals surface area contributed by atoms with Crippen molar-refractivity contribution in [1.29, 1.82) is 0 Å². The first-order valence-electron chi connectivity index (χ1n) is 9.12. The summed E-state index contributed by atoms with van der Waals surface area (Å²) in [6.07, 6.45) is 11.0. The van der Waals surface area contributed by atoms with Crippen molar-refractivity contribution in [3.8, 4) is 0 Å². The van der Waals surface area contributed by atoms with Gasteiger partial charge < -0.3 is 9.88 Å². The zero-order chi connectivity index (χ0) is 14.2. The van der Waals surface area contributed by atoms with E-state index in [1.165, 1.54) is 69.4 Å². The van der Waals surface area contributed by atoms with Crippen molar-refractivity contribution in [1.82, 2.24) is 14.9 Å². The zero-order valence-electron chi connectivity index (χ0n) is 13.4. The Kier molecular flexibility index (Phi) is 3.78. The van der Waals surface area contributed by atoms with Crippen LogP contribution in [-0.4, -0.2) is 16.1 Å². The molecule has 2 heterocycles. The molecular formula is C18H29N3.